The first-order valence-corrected chi connectivity index (χ1v) is 11.4. The number of benzene rings is 2. The maximum atomic E-state index is 10.2. The molecule has 0 amide bonds. The molecule has 0 aromatic heterocycles. The van der Waals surface area contributed by atoms with E-state index >= 15 is 0 Å². The largest absolute Gasteiger partial charge is 0.405 e. The highest BCUT2D eigenvalue weighted by Crippen LogP contribution is 2.38. The van der Waals surface area contributed by atoms with Crippen LogP contribution in [0.2, 0.25) is 5.04 Å². The van der Waals surface area contributed by atoms with Gasteiger partial charge in [0.1, 0.15) is 5.60 Å². The van der Waals surface area contributed by atoms with Crippen molar-refractivity contribution in [3.8, 4) is 0 Å². The summed E-state index contributed by atoms with van der Waals surface area (Å²) in [5, 5.41) is 22.5. The molecule has 3 atom stereocenters. The molecule has 0 bridgehead atoms. The molecule has 2 N–H and O–H groups in total. The predicted molar refractivity (Wildman–Crippen MR) is 110 cm³/mol. The van der Waals surface area contributed by atoms with Crippen LogP contribution in [0.1, 0.15) is 34.1 Å². The van der Waals surface area contributed by atoms with Gasteiger partial charge in [0.05, 0.1) is 12.7 Å². The minimum Gasteiger partial charge on any atom is -0.405 e. The molecule has 1 aliphatic rings. The first-order chi connectivity index (χ1) is 12.7. The van der Waals surface area contributed by atoms with Crippen molar-refractivity contribution in [2.75, 3.05) is 6.61 Å². The molecular weight excluding hydrogens is 356 g/mol. The maximum absolute atomic E-state index is 10.2. The summed E-state index contributed by atoms with van der Waals surface area (Å²) in [7, 11) is -2.63. The second-order valence-electron chi connectivity index (χ2n) is 8.65. The molecule has 5 heteroatoms. The standard InChI is InChI=1S/C22H30O4Si/c1-21(2,3)27(18-11-7-5-8-12-18,19-13-9-6-10-14-19)25-16-17-15-22(4,24)20(23)26-17/h5-14,17,20,23-24H,15-16H2,1-4H3/t17-,20?,22-/m1/s1. The third-order valence-electron chi connectivity index (χ3n) is 5.40. The number of hydrogen-bond donors (Lipinski definition) is 2. The number of hydrogen-bond acceptors (Lipinski definition) is 4. The van der Waals surface area contributed by atoms with E-state index in [0.29, 0.717) is 13.0 Å². The molecule has 4 nitrogen and oxygen atoms in total. The van der Waals surface area contributed by atoms with Crippen LogP contribution < -0.4 is 10.4 Å². The molecule has 1 unspecified atom stereocenters. The summed E-state index contributed by atoms with van der Waals surface area (Å²) in [6.45, 7) is 8.60. The van der Waals surface area contributed by atoms with Crippen LogP contribution in [-0.4, -0.2) is 43.1 Å². The summed E-state index contributed by atoms with van der Waals surface area (Å²) >= 11 is 0. The van der Waals surface area contributed by atoms with E-state index in [1.54, 1.807) is 6.92 Å². The Morgan fingerprint density at radius 3 is 1.89 bits per heavy atom. The zero-order valence-electron chi connectivity index (χ0n) is 16.6. The van der Waals surface area contributed by atoms with Gasteiger partial charge in [-0.15, -0.1) is 0 Å². The van der Waals surface area contributed by atoms with Gasteiger partial charge in [-0.2, -0.15) is 0 Å². The third-order valence-corrected chi connectivity index (χ3v) is 10.4. The van der Waals surface area contributed by atoms with Crippen LogP contribution in [0.4, 0.5) is 0 Å². The van der Waals surface area contributed by atoms with Gasteiger partial charge in [0.25, 0.3) is 8.32 Å². The van der Waals surface area contributed by atoms with Crippen molar-refractivity contribution in [2.24, 2.45) is 0 Å². The van der Waals surface area contributed by atoms with Gasteiger partial charge in [0.2, 0.25) is 0 Å². The lowest BCUT2D eigenvalue weighted by molar-refractivity contribution is -0.164. The van der Waals surface area contributed by atoms with Crippen LogP contribution in [0.15, 0.2) is 60.7 Å². The van der Waals surface area contributed by atoms with Gasteiger partial charge in [-0.3, -0.25) is 0 Å². The van der Waals surface area contributed by atoms with Gasteiger partial charge < -0.3 is 19.4 Å². The van der Waals surface area contributed by atoms with Crippen molar-refractivity contribution < 1.29 is 19.4 Å². The number of rotatable bonds is 5. The van der Waals surface area contributed by atoms with Crippen molar-refractivity contribution in [3.63, 3.8) is 0 Å². The second-order valence-corrected chi connectivity index (χ2v) is 13.0. The summed E-state index contributed by atoms with van der Waals surface area (Å²) in [6.07, 6.45) is -1.16. The van der Waals surface area contributed by atoms with Gasteiger partial charge in [0.15, 0.2) is 6.29 Å². The van der Waals surface area contributed by atoms with Crippen molar-refractivity contribution in [3.05, 3.63) is 60.7 Å². The van der Waals surface area contributed by atoms with Crippen LogP contribution in [0.5, 0.6) is 0 Å². The highest BCUT2D eigenvalue weighted by atomic mass is 28.4. The van der Waals surface area contributed by atoms with Gasteiger partial charge in [-0.05, 0) is 22.3 Å². The summed E-state index contributed by atoms with van der Waals surface area (Å²) in [5.41, 5.74) is -1.24. The van der Waals surface area contributed by atoms with E-state index in [4.69, 9.17) is 9.16 Å². The topological polar surface area (TPSA) is 58.9 Å². The van der Waals surface area contributed by atoms with E-state index in [-0.39, 0.29) is 11.1 Å². The minimum absolute atomic E-state index is 0.116. The molecule has 1 fully saturated rings. The van der Waals surface area contributed by atoms with Crippen LogP contribution in [0, 0.1) is 0 Å². The molecule has 3 rings (SSSR count). The Kier molecular flexibility index (Phi) is 5.61. The molecule has 1 saturated heterocycles. The molecule has 146 valence electrons. The monoisotopic (exact) mass is 386 g/mol. The smallest absolute Gasteiger partial charge is 0.261 e. The Morgan fingerprint density at radius 2 is 1.52 bits per heavy atom. The second kappa shape index (κ2) is 7.49. The van der Waals surface area contributed by atoms with Gasteiger partial charge >= 0.3 is 0 Å². The van der Waals surface area contributed by atoms with E-state index in [1.165, 1.54) is 10.4 Å². The van der Waals surface area contributed by atoms with E-state index in [2.05, 4.69) is 69.3 Å². The van der Waals surface area contributed by atoms with E-state index < -0.39 is 20.2 Å². The Bertz CT molecular complexity index is 700. The average molecular weight is 387 g/mol. The summed E-state index contributed by atoms with van der Waals surface area (Å²) in [6, 6.07) is 20.8. The van der Waals surface area contributed by atoms with Gasteiger partial charge in [0, 0.05) is 6.42 Å². The molecule has 2 aromatic carbocycles. The average Bonchev–Trinajstić information content (AvgIpc) is 2.88. The zero-order chi connectivity index (χ0) is 19.7. The first-order valence-electron chi connectivity index (χ1n) is 9.48. The van der Waals surface area contributed by atoms with Gasteiger partial charge in [-0.25, -0.2) is 0 Å². The van der Waals surface area contributed by atoms with Crippen LogP contribution in [-0.2, 0) is 9.16 Å². The van der Waals surface area contributed by atoms with Gasteiger partial charge in [-0.1, -0.05) is 81.4 Å². The Labute approximate surface area is 162 Å². The van der Waals surface area contributed by atoms with E-state index in [9.17, 15) is 10.2 Å². The van der Waals surface area contributed by atoms with Crippen molar-refractivity contribution in [2.45, 2.75) is 57.1 Å². The molecule has 0 radical (unpaired) electrons. The maximum Gasteiger partial charge on any atom is 0.261 e. The quantitative estimate of drug-likeness (QED) is 0.775. The summed E-state index contributed by atoms with van der Waals surface area (Å²) in [4.78, 5) is 0. The summed E-state index contributed by atoms with van der Waals surface area (Å²) < 4.78 is 12.3. The number of aliphatic hydroxyl groups excluding tert-OH is 1. The van der Waals surface area contributed by atoms with Crippen LogP contribution in [0.3, 0.4) is 0 Å². The fraction of sp³-hybridized carbons (Fsp3) is 0.455. The normalized spacial score (nSPS) is 26.3. The SMILES string of the molecule is CC(C)(C)[Si](OC[C@H]1C[C@@](C)(O)C(O)O1)(c1ccccc1)c1ccccc1. The zero-order valence-corrected chi connectivity index (χ0v) is 17.6. The lowest BCUT2D eigenvalue weighted by Crippen LogP contribution is -2.67. The molecular formula is C22H30O4Si. The third kappa shape index (κ3) is 3.88. The number of aliphatic hydroxyl groups is 2. The molecule has 1 aliphatic heterocycles. The number of ether oxygens (including phenoxy) is 1. The lowest BCUT2D eigenvalue weighted by Gasteiger charge is -2.43. The first kappa shape index (κ1) is 20.2. The predicted octanol–water partition coefficient (Wildman–Crippen LogP) is 2.42. The van der Waals surface area contributed by atoms with E-state index in [1.807, 2.05) is 12.1 Å². The molecule has 1 heterocycles. The highest BCUT2D eigenvalue weighted by Gasteiger charge is 2.51. The van der Waals surface area contributed by atoms with Crippen LogP contribution >= 0.6 is 0 Å². The fourth-order valence-corrected chi connectivity index (χ4v) is 8.61. The lowest BCUT2D eigenvalue weighted by atomic mass is 10.0. The van der Waals surface area contributed by atoms with Crippen LogP contribution in [0.25, 0.3) is 0 Å². The van der Waals surface area contributed by atoms with Crippen molar-refractivity contribution in [1.82, 2.24) is 0 Å². The molecule has 27 heavy (non-hydrogen) atoms. The summed E-state index contributed by atoms with van der Waals surface area (Å²) in [5.74, 6) is 0. The molecule has 2 aromatic rings. The molecule has 0 spiro atoms. The Hall–Kier alpha value is -1.50. The minimum atomic E-state index is -2.63. The molecule has 0 saturated carbocycles. The van der Waals surface area contributed by atoms with Crippen molar-refractivity contribution >= 4 is 18.7 Å². The Morgan fingerprint density at radius 1 is 1.04 bits per heavy atom. The Balaban J connectivity index is 2.00. The molecule has 0 aliphatic carbocycles. The van der Waals surface area contributed by atoms with E-state index in [0.717, 1.165) is 0 Å². The fourth-order valence-electron chi connectivity index (χ4n) is 4.02. The van der Waals surface area contributed by atoms with Crippen molar-refractivity contribution in [1.29, 1.82) is 0 Å². The highest BCUT2D eigenvalue weighted by molar-refractivity contribution is 6.99.